The van der Waals surface area contributed by atoms with E-state index in [2.05, 4.69) is 23.4 Å². The number of nitrogens with two attached hydrogens (primary N) is 1. The van der Waals surface area contributed by atoms with Crippen molar-refractivity contribution in [2.45, 2.75) is 32.7 Å². The summed E-state index contributed by atoms with van der Waals surface area (Å²) < 4.78 is 15.7. The van der Waals surface area contributed by atoms with E-state index in [1.165, 1.54) is 22.6 Å². The van der Waals surface area contributed by atoms with Gasteiger partial charge in [-0.05, 0) is 44.4 Å². The molecule has 5 heteroatoms. The molecule has 0 bridgehead atoms. The molecule has 0 unspecified atom stereocenters. The van der Waals surface area contributed by atoms with Gasteiger partial charge in [-0.3, -0.25) is 0 Å². The van der Waals surface area contributed by atoms with Gasteiger partial charge in [-0.25, -0.2) is 9.37 Å². The molecule has 2 N–H and O–H groups in total. The number of halogens is 1. The van der Waals surface area contributed by atoms with E-state index >= 15 is 0 Å². The Morgan fingerprint density at radius 1 is 1.33 bits per heavy atom. The minimum atomic E-state index is -0.249. The fraction of sp³-hybridized carbons (Fsp3) is 0.312. The summed E-state index contributed by atoms with van der Waals surface area (Å²) >= 11 is 1.59. The molecule has 0 amide bonds. The first kappa shape index (κ1) is 12.8. The smallest absolute Gasteiger partial charge is 0.144 e. The van der Waals surface area contributed by atoms with Gasteiger partial charge >= 0.3 is 0 Å². The maximum absolute atomic E-state index is 13.5. The number of aryl methyl sites for hydroxylation is 1. The van der Waals surface area contributed by atoms with Gasteiger partial charge in [-0.15, -0.1) is 11.3 Å². The van der Waals surface area contributed by atoms with Crippen LogP contribution in [0.5, 0.6) is 0 Å². The Morgan fingerprint density at radius 2 is 2.10 bits per heavy atom. The minimum Gasteiger partial charge on any atom is -0.390 e. The number of nitrogen functional groups attached to an aromatic ring is 1. The highest BCUT2D eigenvalue weighted by Crippen LogP contribution is 2.45. The van der Waals surface area contributed by atoms with Crippen molar-refractivity contribution in [3.63, 3.8) is 0 Å². The summed E-state index contributed by atoms with van der Waals surface area (Å²) in [6, 6.07) is 5.29. The molecule has 3 nitrogen and oxygen atoms in total. The molecular formula is C16H16FN3S. The molecule has 2 heterocycles. The normalized spacial score (nSPS) is 15.0. The Morgan fingerprint density at radius 3 is 2.71 bits per heavy atom. The number of imidazole rings is 1. The van der Waals surface area contributed by atoms with Crippen LogP contribution in [0.3, 0.4) is 0 Å². The van der Waals surface area contributed by atoms with Gasteiger partial charge in [0.15, 0.2) is 0 Å². The zero-order valence-electron chi connectivity index (χ0n) is 12.0. The van der Waals surface area contributed by atoms with Crippen LogP contribution in [0.15, 0.2) is 18.2 Å². The van der Waals surface area contributed by atoms with Crippen LogP contribution in [-0.4, -0.2) is 9.55 Å². The van der Waals surface area contributed by atoms with E-state index in [4.69, 9.17) is 5.73 Å². The molecule has 1 fully saturated rings. The second-order valence-electron chi connectivity index (χ2n) is 5.69. The molecule has 2 aromatic heterocycles. The van der Waals surface area contributed by atoms with Crippen molar-refractivity contribution >= 4 is 27.4 Å². The van der Waals surface area contributed by atoms with Crippen molar-refractivity contribution < 1.29 is 4.39 Å². The summed E-state index contributed by atoms with van der Waals surface area (Å²) in [6.45, 7) is 4.15. The van der Waals surface area contributed by atoms with E-state index in [1.54, 1.807) is 11.3 Å². The van der Waals surface area contributed by atoms with Crippen molar-refractivity contribution in [3.8, 4) is 11.4 Å². The van der Waals surface area contributed by atoms with E-state index in [1.807, 2.05) is 6.07 Å². The summed E-state index contributed by atoms with van der Waals surface area (Å²) in [7, 11) is 0. The second kappa shape index (κ2) is 4.31. The van der Waals surface area contributed by atoms with Gasteiger partial charge in [0.25, 0.3) is 0 Å². The zero-order valence-corrected chi connectivity index (χ0v) is 12.8. The molecule has 0 spiro atoms. The van der Waals surface area contributed by atoms with E-state index in [0.717, 1.165) is 34.7 Å². The topological polar surface area (TPSA) is 43.8 Å². The first-order valence-corrected chi connectivity index (χ1v) is 7.91. The highest BCUT2D eigenvalue weighted by atomic mass is 32.1. The average molecular weight is 301 g/mol. The highest BCUT2D eigenvalue weighted by molar-refractivity contribution is 7.16. The zero-order chi connectivity index (χ0) is 14.7. The summed E-state index contributed by atoms with van der Waals surface area (Å²) in [5.74, 6) is 0.637. The predicted molar refractivity (Wildman–Crippen MR) is 85.2 cm³/mol. The first-order chi connectivity index (χ1) is 10.1. The highest BCUT2D eigenvalue weighted by Gasteiger charge is 2.30. The molecule has 1 aromatic carbocycles. The molecular weight excluding hydrogens is 285 g/mol. The van der Waals surface area contributed by atoms with Gasteiger partial charge in [0.05, 0.1) is 21.6 Å². The Kier molecular flexibility index (Phi) is 2.63. The molecule has 0 saturated heterocycles. The minimum absolute atomic E-state index is 0.249. The van der Waals surface area contributed by atoms with Gasteiger partial charge in [-0.1, -0.05) is 0 Å². The van der Waals surface area contributed by atoms with E-state index in [9.17, 15) is 4.39 Å². The van der Waals surface area contributed by atoms with Gasteiger partial charge in [0, 0.05) is 17.0 Å². The van der Waals surface area contributed by atoms with Gasteiger partial charge in [0.2, 0.25) is 0 Å². The van der Waals surface area contributed by atoms with Gasteiger partial charge in [0.1, 0.15) is 11.6 Å². The standard InChI is InChI=1S/C16H16FN3S/c1-8-9(2)21-15(18)14(8)16-19-12-7-10(17)3-6-13(12)20(16)11-4-5-11/h3,6-7,11H,4-5,18H2,1-2H3. The molecule has 3 aromatic rings. The molecule has 0 aliphatic heterocycles. The van der Waals surface area contributed by atoms with Crippen LogP contribution < -0.4 is 5.73 Å². The van der Waals surface area contributed by atoms with Crippen molar-refractivity contribution in [1.29, 1.82) is 0 Å². The van der Waals surface area contributed by atoms with Crippen molar-refractivity contribution in [2.24, 2.45) is 0 Å². The van der Waals surface area contributed by atoms with Crippen LogP contribution in [0.25, 0.3) is 22.4 Å². The van der Waals surface area contributed by atoms with Crippen molar-refractivity contribution in [3.05, 3.63) is 34.5 Å². The Labute approximate surface area is 126 Å². The Bertz CT molecular complexity index is 858. The second-order valence-corrected chi connectivity index (χ2v) is 6.95. The van der Waals surface area contributed by atoms with Crippen LogP contribution in [0, 0.1) is 19.7 Å². The van der Waals surface area contributed by atoms with E-state index < -0.39 is 0 Å². The third-order valence-electron chi connectivity index (χ3n) is 4.20. The monoisotopic (exact) mass is 301 g/mol. The molecule has 108 valence electrons. The number of benzene rings is 1. The maximum Gasteiger partial charge on any atom is 0.144 e. The summed E-state index contributed by atoms with van der Waals surface area (Å²) in [4.78, 5) is 5.90. The summed E-state index contributed by atoms with van der Waals surface area (Å²) in [5.41, 5.74) is 10.1. The summed E-state index contributed by atoms with van der Waals surface area (Å²) in [5, 5.41) is 0.794. The fourth-order valence-electron chi connectivity index (χ4n) is 2.88. The van der Waals surface area contributed by atoms with Crippen LogP contribution >= 0.6 is 11.3 Å². The number of nitrogens with zero attached hydrogens (tertiary/aromatic N) is 2. The van der Waals surface area contributed by atoms with Gasteiger partial charge < -0.3 is 10.3 Å². The molecule has 21 heavy (non-hydrogen) atoms. The number of aromatic nitrogens is 2. The SMILES string of the molecule is Cc1sc(N)c(-c2nc3cc(F)ccc3n2C2CC2)c1C. The molecule has 0 atom stereocenters. The maximum atomic E-state index is 13.5. The third kappa shape index (κ3) is 1.87. The molecule has 1 aliphatic carbocycles. The fourth-order valence-corrected chi connectivity index (χ4v) is 3.81. The van der Waals surface area contributed by atoms with E-state index in [-0.39, 0.29) is 5.82 Å². The molecule has 1 saturated carbocycles. The van der Waals surface area contributed by atoms with E-state index in [0.29, 0.717) is 11.6 Å². The predicted octanol–water partition coefficient (Wildman–Crippen LogP) is 4.44. The molecule has 1 aliphatic rings. The first-order valence-electron chi connectivity index (χ1n) is 7.09. The number of hydrogen-bond donors (Lipinski definition) is 1. The quantitative estimate of drug-likeness (QED) is 0.760. The number of thiophene rings is 1. The lowest BCUT2D eigenvalue weighted by Crippen LogP contribution is -1.99. The van der Waals surface area contributed by atoms with Crippen molar-refractivity contribution in [2.75, 3.05) is 5.73 Å². The van der Waals surface area contributed by atoms with Crippen LogP contribution in [0.4, 0.5) is 9.39 Å². The van der Waals surface area contributed by atoms with Crippen LogP contribution in [-0.2, 0) is 0 Å². The average Bonchev–Trinajstić information content (AvgIpc) is 3.15. The van der Waals surface area contributed by atoms with Crippen molar-refractivity contribution in [1.82, 2.24) is 9.55 Å². The summed E-state index contributed by atoms with van der Waals surface area (Å²) in [6.07, 6.45) is 2.30. The lowest BCUT2D eigenvalue weighted by Gasteiger charge is -2.08. The van der Waals surface area contributed by atoms with Crippen LogP contribution in [0.1, 0.15) is 29.3 Å². The number of hydrogen-bond acceptors (Lipinski definition) is 3. The van der Waals surface area contributed by atoms with Crippen LogP contribution in [0.2, 0.25) is 0 Å². The molecule has 4 rings (SSSR count). The number of fused-ring (bicyclic) bond motifs is 1. The van der Waals surface area contributed by atoms with Gasteiger partial charge in [-0.2, -0.15) is 0 Å². The Hall–Kier alpha value is -1.88. The number of rotatable bonds is 2. The number of anilines is 1. The lowest BCUT2D eigenvalue weighted by molar-refractivity contribution is 0.629. The lowest BCUT2D eigenvalue weighted by atomic mass is 10.1. The Balaban J connectivity index is 2.06. The third-order valence-corrected chi connectivity index (χ3v) is 5.24. The molecule has 0 radical (unpaired) electrons. The largest absolute Gasteiger partial charge is 0.390 e.